The van der Waals surface area contributed by atoms with Gasteiger partial charge in [0.15, 0.2) is 0 Å². The van der Waals surface area contributed by atoms with E-state index in [-0.39, 0.29) is 16.8 Å². The molecule has 0 aliphatic rings. The predicted molar refractivity (Wildman–Crippen MR) is 128 cm³/mol. The zero-order chi connectivity index (χ0) is 23.9. The van der Waals surface area contributed by atoms with Gasteiger partial charge in [-0.25, -0.2) is 4.79 Å². The maximum absolute atomic E-state index is 13.3. The zero-order valence-electron chi connectivity index (χ0n) is 20.2. The Morgan fingerprint density at radius 2 is 0.938 bits per heavy atom. The molecule has 0 aromatic heterocycles. The van der Waals surface area contributed by atoms with Crippen LogP contribution in [0, 0.1) is 0 Å². The van der Waals surface area contributed by atoms with E-state index >= 15 is 0 Å². The summed E-state index contributed by atoms with van der Waals surface area (Å²) in [7, 11) is -2.57. The normalized spacial score (nSPS) is 11.0. The largest absolute Gasteiger partial charge is 0.486 e. The minimum Gasteiger partial charge on any atom is -0.486 e. The summed E-state index contributed by atoms with van der Waals surface area (Å²) in [5.74, 6) is 1.34. The molecule has 1 aromatic carbocycles. The van der Waals surface area contributed by atoms with Crippen molar-refractivity contribution in [1.82, 2.24) is 0 Å². The van der Waals surface area contributed by atoms with Crippen LogP contribution in [0.4, 0.5) is 0 Å². The second kappa shape index (κ2) is 15.5. The highest BCUT2D eigenvalue weighted by Gasteiger charge is 2.44. The fourth-order valence-electron chi connectivity index (χ4n) is 2.69. The van der Waals surface area contributed by atoms with Crippen molar-refractivity contribution in [2.24, 2.45) is 0 Å². The summed E-state index contributed by atoms with van der Waals surface area (Å²) in [4.78, 5) is 12.4. The maximum Gasteiger partial charge on any atom is 0.466 e. The van der Waals surface area contributed by atoms with Crippen molar-refractivity contribution < 1.29 is 33.0 Å². The molecule has 1 rings (SSSR count). The Labute approximate surface area is 193 Å². The van der Waals surface area contributed by atoms with Crippen LogP contribution in [0.1, 0.15) is 66.7 Å². The van der Waals surface area contributed by atoms with E-state index < -0.39 is 13.3 Å². The molecule has 1 unspecified atom stereocenters. The fourth-order valence-corrected chi connectivity index (χ4v) is 3.77. The molecule has 0 saturated carbocycles. The highest BCUT2D eigenvalue weighted by Crippen LogP contribution is 2.53. The lowest BCUT2D eigenvalue weighted by atomic mass is 10.2. The van der Waals surface area contributed by atoms with Gasteiger partial charge >= 0.3 is 13.3 Å². The van der Waals surface area contributed by atoms with E-state index in [1.807, 2.05) is 34.6 Å². The van der Waals surface area contributed by atoms with Crippen LogP contribution in [0.5, 0.6) is 28.7 Å². The average molecular weight is 470 g/mol. The number of hydrogen-bond acceptors (Lipinski definition) is 7. The van der Waals surface area contributed by atoms with E-state index in [0.29, 0.717) is 63.1 Å². The van der Waals surface area contributed by atoms with Gasteiger partial charge in [-0.2, -0.15) is 0 Å². The van der Waals surface area contributed by atoms with Gasteiger partial charge in [-0.15, -0.1) is 0 Å². The third kappa shape index (κ3) is 7.40. The Morgan fingerprint density at radius 1 is 0.656 bits per heavy atom. The van der Waals surface area contributed by atoms with Gasteiger partial charge in [-0.05, 0) is 32.1 Å². The quantitative estimate of drug-likeness (QED) is 0.199. The molecule has 180 valence electrons. The monoisotopic (exact) mass is 469 g/mol. The van der Waals surface area contributed by atoms with Gasteiger partial charge in [0.2, 0.25) is 28.7 Å². The molecule has 0 fully saturated rings. The summed E-state index contributed by atoms with van der Waals surface area (Å²) in [6.45, 7) is 15.3. The minimum atomic E-state index is -2.57. The van der Waals surface area contributed by atoms with Crippen molar-refractivity contribution in [3.8, 4) is 28.7 Å². The molecule has 0 heterocycles. The lowest BCUT2D eigenvalue weighted by molar-refractivity contribution is -0.107. The van der Waals surface area contributed by atoms with Crippen LogP contribution in [0.15, 0.2) is 12.7 Å². The second-order valence-corrected chi connectivity index (χ2v) is 8.55. The van der Waals surface area contributed by atoms with Gasteiger partial charge in [0.1, 0.15) is 0 Å². The lowest BCUT2D eigenvalue weighted by Gasteiger charge is -2.22. The number of carbonyl (C=O) groups excluding carboxylic acids is 1. The van der Waals surface area contributed by atoms with Crippen molar-refractivity contribution in [1.29, 1.82) is 0 Å². The van der Waals surface area contributed by atoms with Crippen LogP contribution in [0.25, 0.3) is 0 Å². The molecule has 0 amide bonds. The first kappa shape index (κ1) is 27.8. The molecule has 0 saturated heterocycles. The molecule has 8 heteroatoms. The van der Waals surface area contributed by atoms with Gasteiger partial charge in [-0.1, -0.05) is 45.8 Å². The minimum absolute atomic E-state index is 0.132. The highest BCUT2D eigenvalue weighted by molar-refractivity contribution is 7.71. The first-order chi connectivity index (χ1) is 15.5. The number of benzene rings is 1. The van der Waals surface area contributed by atoms with Crippen molar-refractivity contribution in [2.75, 3.05) is 33.0 Å². The molecule has 0 spiro atoms. The van der Waals surface area contributed by atoms with Crippen LogP contribution in [0.3, 0.4) is 0 Å². The molecular weight excluding hydrogens is 431 g/mol. The Kier molecular flexibility index (Phi) is 13.5. The van der Waals surface area contributed by atoms with E-state index in [9.17, 15) is 9.36 Å². The summed E-state index contributed by atoms with van der Waals surface area (Å²) in [6, 6.07) is 0. The van der Waals surface area contributed by atoms with E-state index in [1.54, 1.807) is 0 Å². The maximum atomic E-state index is 13.3. The molecular formula is C24H38O7P+. The van der Waals surface area contributed by atoms with Crippen LogP contribution in [0.2, 0.25) is 0 Å². The molecule has 1 atom stereocenters. The van der Waals surface area contributed by atoms with E-state index in [1.165, 1.54) is 0 Å². The number of ether oxygens (including phenoxy) is 5. The van der Waals surface area contributed by atoms with Crippen molar-refractivity contribution in [3.63, 3.8) is 0 Å². The number of allylic oxidation sites excluding steroid dienone is 1. The molecule has 0 bridgehead atoms. The Bertz CT molecular complexity index is 720. The second-order valence-electron chi connectivity index (χ2n) is 7.07. The SMILES string of the molecule is C=CC(=O)[P+](=O)c1c(OCCC)c(OCCC)c(OCCC)c(OCCC)c1OCCC. The summed E-state index contributed by atoms with van der Waals surface area (Å²) in [5, 5.41) is 0.132. The predicted octanol–water partition coefficient (Wildman–Crippen LogP) is 5.80. The van der Waals surface area contributed by atoms with Gasteiger partial charge in [0.25, 0.3) is 5.30 Å². The fraction of sp³-hybridized carbons (Fsp3) is 0.625. The molecule has 0 aliphatic carbocycles. The topological polar surface area (TPSA) is 80.3 Å². The zero-order valence-corrected chi connectivity index (χ0v) is 21.1. The van der Waals surface area contributed by atoms with E-state index in [4.69, 9.17) is 23.7 Å². The number of carbonyl (C=O) groups is 1. The lowest BCUT2D eigenvalue weighted by Crippen LogP contribution is -2.18. The summed E-state index contributed by atoms with van der Waals surface area (Å²) >= 11 is 0. The Balaban J connectivity index is 4.01. The van der Waals surface area contributed by atoms with Gasteiger partial charge in [0.05, 0.1) is 33.0 Å². The molecule has 0 radical (unpaired) electrons. The van der Waals surface area contributed by atoms with Crippen molar-refractivity contribution in [2.45, 2.75) is 66.7 Å². The Morgan fingerprint density at radius 3 is 1.22 bits per heavy atom. The summed E-state index contributed by atoms with van der Waals surface area (Å²) in [6.07, 6.45) is 4.72. The van der Waals surface area contributed by atoms with Crippen LogP contribution >= 0.6 is 7.80 Å². The third-order valence-corrected chi connectivity index (χ3v) is 5.48. The van der Waals surface area contributed by atoms with Crippen molar-refractivity contribution >= 4 is 18.6 Å². The third-order valence-electron chi connectivity index (χ3n) is 4.09. The van der Waals surface area contributed by atoms with Crippen molar-refractivity contribution in [3.05, 3.63) is 12.7 Å². The van der Waals surface area contributed by atoms with Gasteiger partial charge in [0, 0.05) is 6.08 Å². The molecule has 0 aliphatic heterocycles. The Hall–Kier alpha value is -2.27. The molecule has 0 N–H and O–H groups in total. The first-order valence-electron chi connectivity index (χ1n) is 11.5. The van der Waals surface area contributed by atoms with Gasteiger partial charge in [-0.3, -0.25) is 0 Å². The molecule has 7 nitrogen and oxygen atoms in total. The number of hydrogen-bond donors (Lipinski definition) is 0. The smallest absolute Gasteiger partial charge is 0.466 e. The van der Waals surface area contributed by atoms with E-state index in [2.05, 4.69) is 6.58 Å². The summed E-state index contributed by atoms with van der Waals surface area (Å²) < 4.78 is 43.5. The van der Waals surface area contributed by atoms with Gasteiger partial charge < -0.3 is 23.7 Å². The average Bonchev–Trinajstić information content (AvgIpc) is 2.81. The molecule has 32 heavy (non-hydrogen) atoms. The van der Waals surface area contributed by atoms with E-state index in [0.717, 1.165) is 25.3 Å². The standard InChI is InChI=1S/C24H38O7P/c1-7-13-27-19-20(28-14-8-2)22(30-16-10-4)24(32(26)18(25)12-6)23(31-17-11-5)21(19)29-15-9-3/h12H,6-11,13-17H2,1-5H3/q+1. The first-order valence-corrected chi connectivity index (χ1v) is 12.8. The summed E-state index contributed by atoms with van der Waals surface area (Å²) in [5.41, 5.74) is -0.618. The molecule has 1 aromatic rings. The van der Waals surface area contributed by atoms with Crippen LogP contribution < -0.4 is 29.0 Å². The van der Waals surface area contributed by atoms with Crippen LogP contribution in [-0.4, -0.2) is 38.6 Å². The van der Waals surface area contributed by atoms with Crippen LogP contribution in [-0.2, 0) is 9.36 Å². The number of rotatable bonds is 18. The highest BCUT2D eigenvalue weighted by atomic mass is 31.1.